The number of aromatic amines is 2. The van der Waals surface area contributed by atoms with Gasteiger partial charge in [0.25, 0.3) is 0 Å². The number of nitrogens with zero attached hydrogens (tertiary/aromatic N) is 3. The van der Waals surface area contributed by atoms with Gasteiger partial charge in [-0.1, -0.05) is 12.1 Å². The molecular weight excluding hydrogens is 270 g/mol. The van der Waals surface area contributed by atoms with E-state index in [2.05, 4.69) is 20.2 Å². The number of hydrogen-bond acceptors (Lipinski definition) is 4. The molecule has 3 aromatic rings. The summed E-state index contributed by atoms with van der Waals surface area (Å²) in [6, 6.07) is 7.74. The number of imidazole rings is 1. The van der Waals surface area contributed by atoms with Crippen molar-refractivity contribution in [2.75, 3.05) is 7.11 Å². The van der Waals surface area contributed by atoms with Crippen LogP contribution < -0.4 is 10.4 Å². The Bertz CT molecular complexity index is 786. The van der Waals surface area contributed by atoms with E-state index in [0.717, 1.165) is 17.1 Å². The summed E-state index contributed by atoms with van der Waals surface area (Å²) in [5.41, 5.74) is 0.640. The number of aromatic nitrogens is 5. The van der Waals surface area contributed by atoms with E-state index in [0.29, 0.717) is 18.8 Å². The number of aryl methyl sites for hydroxylation is 2. The molecule has 0 fully saturated rings. The van der Waals surface area contributed by atoms with Crippen molar-refractivity contribution in [3.63, 3.8) is 0 Å². The van der Waals surface area contributed by atoms with E-state index in [1.54, 1.807) is 13.3 Å². The molecule has 21 heavy (non-hydrogen) atoms. The first-order valence-corrected chi connectivity index (χ1v) is 6.56. The monoisotopic (exact) mass is 285 g/mol. The first-order chi connectivity index (χ1) is 10.3. The lowest BCUT2D eigenvalue weighted by Gasteiger charge is -2.10. The Morgan fingerprint density at radius 3 is 2.95 bits per heavy atom. The topological polar surface area (TPSA) is 88.6 Å². The number of benzene rings is 1. The van der Waals surface area contributed by atoms with Gasteiger partial charge in [-0.25, -0.2) is 14.9 Å². The number of H-pyrrole nitrogens is 2. The molecule has 3 rings (SSSR count). The highest BCUT2D eigenvalue weighted by atomic mass is 16.5. The van der Waals surface area contributed by atoms with Crippen LogP contribution in [0.15, 0.2) is 41.5 Å². The zero-order valence-corrected chi connectivity index (χ0v) is 11.5. The minimum Gasteiger partial charge on any atom is -0.496 e. The molecule has 0 atom stereocenters. The summed E-state index contributed by atoms with van der Waals surface area (Å²) in [6.45, 7) is 0.661. The minimum absolute atomic E-state index is 0.291. The van der Waals surface area contributed by atoms with Crippen molar-refractivity contribution in [2.45, 2.75) is 13.0 Å². The Morgan fingerprint density at radius 1 is 1.33 bits per heavy atom. The third-order valence-corrected chi connectivity index (χ3v) is 3.20. The van der Waals surface area contributed by atoms with Crippen LogP contribution in [0.25, 0.3) is 11.4 Å². The summed E-state index contributed by atoms with van der Waals surface area (Å²) in [6.07, 6.45) is 4.25. The van der Waals surface area contributed by atoms with E-state index in [-0.39, 0.29) is 5.69 Å². The van der Waals surface area contributed by atoms with E-state index >= 15 is 0 Å². The van der Waals surface area contributed by atoms with Crippen LogP contribution in [0.5, 0.6) is 5.75 Å². The molecule has 0 saturated heterocycles. The van der Waals surface area contributed by atoms with Gasteiger partial charge in [-0.2, -0.15) is 5.10 Å². The fourth-order valence-electron chi connectivity index (χ4n) is 2.21. The van der Waals surface area contributed by atoms with Crippen molar-refractivity contribution in [2.24, 2.45) is 0 Å². The number of para-hydroxylation sites is 1. The summed E-state index contributed by atoms with van der Waals surface area (Å²) in [5.74, 6) is 2.23. The Hall–Kier alpha value is -2.83. The third-order valence-electron chi connectivity index (χ3n) is 3.20. The number of nitrogens with one attached hydrogen (secondary N) is 2. The van der Waals surface area contributed by atoms with Crippen molar-refractivity contribution in [1.29, 1.82) is 0 Å². The van der Waals surface area contributed by atoms with Crippen LogP contribution in [-0.2, 0) is 13.0 Å². The summed E-state index contributed by atoms with van der Waals surface area (Å²) in [7, 11) is 1.64. The smallest absolute Gasteiger partial charge is 0.340 e. The lowest BCUT2D eigenvalue weighted by atomic mass is 10.2. The standard InChI is InChI=1S/C14H15N5O2/c1-21-11-5-3-2-4-10(11)13-15-7-9-19(13)8-6-12-16-14(20)18-17-12/h2-5,7,9H,6,8H2,1H3,(H2,16,17,18,20). The van der Waals surface area contributed by atoms with Gasteiger partial charge in [0.2, 0.25) is 0 Å². The predicted molar refractivity (Wildman–Crippen MR) is 77.1 cm³/mol. The van der Waals surface area contributed by atoms with Gasteiger partial charge in [0.05, 0.1) is 12.7 Å². The van der Waals surface area contributed by atoms with Gasteiger partial charge in [0, 0.05) is 25.4 Å². The van der Waals surface area contributed by atoms with Gasteiger partial charge in [0.1, 0.15) is 17.4 Å². The summed E-state index contributed by atoms with van der Waals surface area (Å²) < 4.78 is 7.38. The van der Waals surface area contributed by atoms with Gasteiger partial charge < -0.3 is 9.30 Å². The molecule has 0 unspecified atom stereocenters. The Labute approximate surface area is 120 Å². The number of methoxy groups -OCH3 is 1. The maximum absolute atomic E-state index is 11.0. The lowest BCUT2D eigenvalue weighted by Crippen LogP contribution is -2.05. The van der Waals surface area contributed by atoms with Crippen molar-refractivity contribution < 1.29 is 4.74 Å². The second kappa shape index (κ2) is 5.66. The molecule has 0 amide bonds. The normalized spacial score (nSPS) is 10.7. The number of ether oxygens (including phenoxy) is 1. The predicted octanol–water partition coefficient (Wildman–Crippen LogP) is 1.21. The molecule has 0 aliphatic heterocycles. The fraction of sp³-hybridized carbons (Fsp3) is 0.214. The van der Waals surface area contributed by atoms with Crippen LogP contribution in [0, 0.1) is 0 Å². The van der Waals surface area contributed by atoms with Crippen LogP contribution in [0.2, 0.25) is 0 Å². The average molecular weight is 285 g/mol. The molecule has 2 N–H and O–H groups in total. The molecular formula is C14H15N5O2. The maximum atomic E-state index is 11.0. The van der Waals surface area contributed by atoms with Gasteiger partial charge >= 0.3 is 5.69 Å². The van der Waals surface area contributed by atoms with Crippen molar-refractivity contribution in [3.8, 4) is 17.1 Å². The Balaban J connectivity index is 1.85. The Morgan fingerprint density at radius 2 is 2.19 bits per heavy atom. The molecule has 108 valence electrons. The SMILES string of the molecule is COc1ccccc1-c1nccn1CCc1n[nH]c(=O)[nH]1. The quantitative estimate of drug-likeness (QED) is 0.737. The molecule has 0 bridgehead atoms. The number of hydrogen-bond donors (Lipinski definition) is 2. The van der Waals surface area contributed by atoms with E-state index in [4.69, 9.17) is 4.74 Å². The number of rotatable bonds is 5. The highest BCUT2D eigenvalue weighted by Crippen LogP contribution is 2.28. The van der Waals surface area contributed by atoms with Crippen molar-refractivity contribution in [3.05, 3.63) is 53.0 Å². The summed E-state index contributed by atoms with van der Waals surface area (Å²) in [5, 5.41) is 6.26. The van der Waals surface area contributed by atoms with Crippen LogP contribution in [0.1, 0.15) is 5.82 Å². The minimum atomic E-state index is -0.291. The van der Waals surface area contributed by atoms with E-state index in [9.17, 15) is 4.79 Å². The molecule has 0 saturated carbocycles. The first-order valence-electron chi connectivity index (χ1n) is 6.56. The molecule has 0 aliphatic carbocycles. The molecule has 0 aliphatic rings. The van der Waals surface area contributed by atoms with E-state index < -0.39 is 0 Å². The molecule has 7 nitrogen and oxygen atoms in total. The van der Waals surface area contributed by atoms with Gasteiger partial charge in [-0.05, 0) is 12.1 Å². The summed E-state index contributed by atoms with van der Waals surface area (Å²) in [4.78, 5) is 18.0. The molecule has 2 heterocycles. The van der Waals surface area contributed by atoms with E-state index in [1.165, 1.54) is 0 Å². The third kappa shape index (κ3) is 2.71. The van der Waals surface area contributed by atoms with Crippen LogP contribution in [-0.4, -0.2) is 31.8 Å². The van der Waals surface area contributed by atoms with Gasteiger partial charge in [0.15, 0.2) is 0 Å². The second-order valence-electron chi connectivity index (χ2n) is 4.52. The zero-order chi connectivity index (χ0) is 14.7. The summed E-state index contributed by atoms with van der Waals surface area (Å²) >= 11 is 0. The molecule has 7 heteroatoms. The lowest BCUT2D eigenvalue weighted by molar-refractivity contribution is 0.416. The second-order valence-corrected chi connectivity index (χ2v) is 4.52. The van der Waals surface area contributed by atoms with Crippen molar-refractivity contribution in [1.82, 2.24) is 24.7 Å². The average Bonchev–Trinajstić information content (AvgIpc) is 3.13. The molecule has 2 aromatic heterocycles. The largest absolute Gasteiger partial charge is 0.496 e. The van der Waals surface area contributed by atoms with Crippen LogP contribution in [0.4, 0.5) is 0 Å². The van der Waals surface area contributed by atoms with Gasteiger partial charge in [-0.15, -0.1) is 0 Å². The van der Waals surface area contributed by atoms with Gasteiger partial charge in [-0.3, -0.25) is 4.98 Å². The molecule has 1 aromatic carbocycles. The first kappa shape index (κ1) is 13.2. The zero-order valence-electron chi connectivity index (χ0n) is 11.5. The highest BCUT2D eigenvalue weighted by molar-refractivity contribution is 5.64. The Kier molecular flexibility index (Phi) is 3.55. The van der Waals surface area contributed by atoms with E-state index in [1.807, 2.05) is 35.0 Å². The van der Waals surface area contributed by atoms with Crippen LogP contribution in [0.3, 0.4) is 0 Å². The molecule has 0 radical (unpaired) electrons. The fourth-order valence-corrected chi connectivity index (χ4v) is 2.21. The van der Waals surface area contributed by atoms with Crippen LogP contribution >= 0.6 is 0 Å². The maximum Gasteiger partial charge on any atom is 0.340 e. The van der Waals surface area contributed by atoms with Crippen molar-refractivity contribution >= 4 is 0 Å². The highest BCUT2D eigenvalue weighted by Gasteiger charge is 2.11. The molecule has 0 spiro atoms.